The van der Waals surface area contributed by atoms with E-state index in [4.69, 9.17) is 11.6 Å². The van der Waals surface area contributed by atoms with Crippen molar-refractivity contribution in [2.24, 2.45) is 0 Å². The molecule has 0 saturated heterocycles. The monoisotopic (exact) mass is 319 g/mol. The molecule has 1 aromatic carbocycles. The van der Waals surface area contributed by atoms with Crippen LogP contribution in [0, 0.1) is 0 Å². The third kappa shape index (κ3) is 3.92. The van der Waals surface area contributed by atoms with Gasteiger partial charge in [0, 0.05) is 30.1 Å². The fraction of sp³-hybridized carbons (Fsp3) is 0.333. The summed E-state index contributed by atoms with van der Waals surface area (Å²) in [7, 11) is 1.75. The zero-order valence-corrected chi connectivity index (χ0v) is 13.5. The maximum Gasteiger partial charge on any atom is 0.249 e. The van der Waals surface area contributed by atoms with Crippen molar-refractivity contribution in [2.45, 2.75) is 19.8 Å². The van der Waals surface area contributed by atoms with E-state index in [2.05, 4.69) is 20.6 Å². The van der Waals surface area contributed by atoms with Crippen molar-refractivity contribution in [1.29, 1.82) is 0 Å². The van der Waals surface area contributed by atoms with Gasteiger partial charge in [0.2, 0.25) is 5.91 Å². The minimum Gasteiger partial charge on any atom is -0.341 e. The van der Waals surface area contributed by atoms with E-state index in [0.29, 0.717) is 23.0 Å². The lowest BCUT2D eigenvalue weighted by molar-refractivity contribution is -0.125. The van der Waals surface area contributed by atoms with E-state index >= 15 is 0 Å². The summed E-state index contributed by atoms with van der Waals surface area (Å²) in [4.78, 5) is 14.1. The standard InChI is InChI=1S/C15H18ClN5O/c1-10(8-12-6-4-5-7-13(12)16)15(22)21(3)9-11(2)14-17-19-20-18-14/h4-8,11H,9H2,1-3H3,(H,17,18,19,20)/b10-8+. The van der Waals surface area contributed by atoms with Gasteiger partial charge in [-0.1, -0.05) is 41.9 Å². The third-order valence-electron chi connectivity index (χ3n) is 3.31. The van der Waals surface area contributed by atoms with E-state index < -0.39 is 0 Å². The Hall–Kier alpha value is -2.21. The van der Waals surface area contributed by atoms with Crippen molar-refractivity contribution in [2.75, 3.05) is 13.6 Å². The third-order valence-corrected chi connectivity index (χ3v) is 3.66. The van der Waals surface area contributed by atoms with Crippen LogP contribution in [0.25, 0.3) is 6.08 Å². The zero-order valence-electron chi connectivity index (χ0n) is 12.7. The van der Waals surface area contributed by atoms with Crippen LogP contribution in [-0.4, -0.2) is 45.0 Å². The smallest absolute Gasteiger partial charge is 0.249 e. The average molecular weight is 320 g/mol. The van der Waals surface area contributed by atoms with Crippen molar-refractivity contribution < 1.29 is 4.79 Å². The van der Waals surface area contributed by atoms with Gasteiger partial charge in [0.15, 0.2) is 5.82 Å². The Morgan fingerprint density at radius 2 is 2.18 bits per heavy atom. The number of carbonyl (C=O) groups excluding carboxylic acids is 1. The average Bonchev–Trinajstić information content (AvgIpc) is 3.03. The van der Waals surface area contributed by atoms with Crippen molar-refractivity contribution in [3.8, 4) is 0 Å². The highest BCUT2D eigenvalue weighted by molar-refractivity contribution is 6.32. The number of carbonyl (C=O) groups is 1. The molecule has 7 heteroatoms. The Balaban J connectivity index is 2.05. The first-order chi connectivity index (χ1) is 10.5. The zero-order chi connectivity index (χ0) is 16.1. The normalized spacial score (nSPS) is 13.0. The lowest BCUT2D eigenvalue weighted by Gasteiger charge is -2.20. The molecule has 0 radical (unpaired) electrons. The van der Waals surface area contributed by atoms with Gasteiger partial charge in [0.05, 0.1) is 0 Å². The SMILES string of the molecule is C/C(=C\c1ccccc1Cl)C(=O)N(C)CC(C)c1nn[nH]n1. The van der Waals surface area contributed by atoms with Crippen LogP contribution >= 0.6 is 11.6 Å². The fourth-order valence-corrected chi connectivity index (χ4v) is 2.33. The molecule has 1 heterocycles. The van der Waals surface area contributed by atoms with E-state index in [1.807, 2.05) is 25.1 Å². The number of aromatic nitrogens is 4. The summed E-state index contributed by atoms with van der Waals surface area (Å²) >= 11 is 6.11. The van der Waals surface area contributed by atoms with Crippen LogP contribution in [0.1, 0.15) is 31.2 Å². The summed E-state index contributed by atoms with van der Waals surface area (Å²) in [5.74, 6) is 0.531. The molecule has 1 atom stereocenters. The highest BCUT2D eigenvalue weighted by atomic mass is 35.5. The summed E-state index contributed by atoms with van der Waals surface area (Å²) in [6.45, 7) is 4.23. The largest absolute Gasteiger partial charge is 0.341 e. The number of aromatic amines is 1. The number of amides is 1. The molecule has 0 aliphatic rings. The molecular formula is C15H18ClN5O. The topological polar surface area (TPSA) is 74.8 Å². The fourth-order valence-electron chi connectivity index (χ4n) is 2.14. The first-order valence-electron chi connectivity index (χ1n) is 6.90. The molecule has 1 aromatic heterocycles. The maximum atomic E-state index is 12.4. The van der Waals surface area contributed by atoms with Gasteiger partial charge in [-0.2, -0.15) is 5.21 Å². The first kappa shape index (κ1) is 16.2. The second-order valence-corrected chi connectivity index (χ2v) is 5.61. The van der Waals surface area contributed by atoms with Gasteiger partial charge in [-0.25, -0.2) is 0 Å². The molecule has 2 aromatic rings. The Kier molecular flexibility index (Phi) is 5.27. The lowest BCUT2D eigenvalue weighted by Crippen LogP contribution is -2.31. The molecule has 0 spiro atoms. The highest BCUT2D eigenvalue weighted by Gasteiger charge is 2.17. The number of hydrogen-bond acceptors (Lipinski definition) is 4. The number of tetrazole rings is 1. The molecule has 6 nitrogen and oxygen atoms in total. The summed E-state index contributed by atoms with van der Waals surface area (Å²) < 4.78 is 0. The molecule has 0 aliphatic heterocycles. The Morgan fingerprint density at radius 3 is 2.82 bits per heavy atom. The van der Waals surface area contributed by atoms with Gasteiger partial charge in [-0.3, -0.25) is 4.79 Å². The first-order valence-corrected chi connectivity index (χ1v) is 7.28. The summed E-state index contributed by atoms with van der Waals surface area (Å²) in [5.41, 5.74) is 1.45. The van der Waals surface area contributed by atoms with Crippen molar-refractivity contribution in [1.82, 2.24) is 25.5 Å². The van der Waals surface area contributed by atoms with E-state index in [0.717, 1.165) is 5.56 Å². The molecule has 1 unspecified atom stereocenters. The van der Waals surface area contributed by atoms with Gasteiger partial charge in [0.25, 0.3) is 0 Å². The predicted molar refractivity (Wildman–Crippen MR) is 85.3 cm³/mol. The number of hydrogen-bond donors (Lipinski definition) is 1. The number of halogens is 1. The molecule has 1 N–H and O–H groups in total. The molecule has 22 heavy (non-hydrogen) atoms. The van der Waals surface area contributed by atoms with Crippen LogP contribution in [0.3, 0.4) is 0 Å². The number of nitrogens with zero attached hydrogens (tertiary/aromatic N) is 4. The number of rotatable bonds is 5. The van der Waals surface area contributed by atoms with Crippen LogP contribution in [0.5, 0.6) is 0 Å². The van der Waals surface area contributed by atoms with Crippen LogP contribution < -0.4 is 0 Å². The summed E-state index contributed by atoms with van der Waals surface area (Å²) in [6.07, 6.45) is 1.79. The van der Waals surface area contributed by atoms with Crippen LogP contribution in [0.15, 0.2) is 29.8 Å². The van der Waals surface area contributed by atoms with Crippen LogP contribution in [0.2, 0.25) is 5.02 Å². The molecule has 116 valence electrons. The molecule has 0 bridgehead atoms. The van der Waals surface area contributed by atoms with Gasteiger partial charge in [-0.15, -0.1) is 10.2 Å². The number of nitrogens with one attached hydrogen (secondary N) is 1. The predicted octanol–water partition coefficient (Wildman–Crippen LogP) is 2.52. The lowest BCUT2D eigenvalue weighted by atomic mass is 10.1. The number of likely N-dealkylation sites (N-methyl/N-ethyl adjacent to an activating group) is 1. The minimum atomic E-state index is -0.0599. The minimum absolute atomic E-state index is 0.000753. The molecule has 2 rings (SSSR count). The van der Waals surface area contributed by atoms with Gasteiger partial charge < -0.3 is 4.90 Å². The van der Waals surface area contributed by atoms with E-state index in [9.17, 15) is 4.79 Å². The van der Waals surface area contributed by atoms with Crippen molar-refractivity contribution >= 4 is 23.6 Å². The highest BCUT2D eigenvalue weighted by Crippen LogP contribution is 2.19. The van der Waals surface area contributed by atoms with Gasteiger partial charge >= 0.3 is 0 Å². The molecule has 0 fully saturated rings. The molecule has 1 amide bonds. The second kappa shape index (κ2) is 7.17. The second-order valence-electron chi connectivity index (χ2n) is 5.21. The quantitative estimate of drug-likeness (QED) is 0.859. The summed E-state index contributed by atoms with van der Waals surface area (Å²) in [5, 5.41) is 14.4. The van der Waals surface area contributed by atoms with Crippen LogP contribution in [0.4, 0.5) is 0 Å². The number of H-pyrrole nitrogens is 1. The van der Waals surface area contributed by atoms with E-state index in [1.54, 1.807) is 31.0 Å². The molecule has 0 saturated carbocycles. The van der Waals surface area contributed by atoms with E-state index in [-0.39, 0.29) is 11.8 Å². The maximum absolute atomic E-state index is 12.4. The Labute approximate surface area is 134 Å². The van der Waals surface area contributed by atoms with Crippen molar-refractivity contribution in [3.05, 3.63) is 46.2 Å². The molecular weight excluding hydrogens is 302 g/mol. The van der Waals surface area contributed by atoms with Crippen molar-refractivity contribution in [3.63, 3.8) is 0 Å². The number of benzene rings is 1. The van der Waals surface area contributed by atoms with Gasteiger partial charge in [0.1, 0.15) is 0 Å². The Bertz CT molecular complexity index is 668. The molecule has 0 aliphatic carbocycles. The van der Waals surface area contributed by atoms with E-state index in [1.165, 1.54) is 0 Å². The Morgan fingerprint density at radius 1 is 1.45 bits per heavy atom. The van der Waals surface area contributed by atoms with Crippen LogP contribution in [-0.2, 0) is 4.79 Å². The van der Waals surface area contributed by atoms with Gasteiger partial charge in [-0.05, 0) is 24.6 Å². The summed E-state index contributed by atoms with van der Waals surface area (Å²) in [6, 6.07) is 7.42.